The van der Waals surface area contributed by atoms with Gasteiger partial charge in [0.05, 0.1) is 0 Å². The number of para-hydroxylation sites is 1. The Balaban J connectivity index is 1.37. The van der Waals surface area contributed by atoms with Crippen molar-refractivity contribution in [2.75, 3.05) is 4.90 Å². The Morgan fingerprint density at radius 1 is 0.600 bits per heavy atom. The predicted octanol–water partition coefficient (Wildman–Crippen LogP) is 12.6. The minimum Gasteiger partial charge on any atom is -0.405 e. The maximum Gasteiger partial charge on any atom is 0.0494 e. The summed E-state index contributed by atoms with van der Waals surface area (Å²) in [6.07, 6.45) is 10.8. The number of anilines is 2. The van der Waals surface area contributed by atoms with Crippen molar-refractivity contribution < 1.29 is 0 Å². The lowest BCUT2D eigenvalue weighted by molar-refractivity contribution is 0.365. The zero-order valence-electron chi connectivity index (χ0n) is 28.3. The van der Waals surface area contributed by atoms with Gasteiger partial charge in [-0.1, -0.05) is 153 Å². The molecule has 0 spiro atoms. The minimum atomic E-state index is 0.218. The first-order valence-electron chi connectivity index (χ1n) is 17.9. The highest BCUT2D eigenvalue weighted by Crippen LogP contribution is 2.59. The second kappa shape index (κ2) is 12.5. The third-order valence-electron chi connectivity index (χ3n) is 11.0. The van der Waals surface area contributed by atoms with Crippen molar-refractivity contribution in [3.8, 4) is 44.5 Å². The van der Waals surface area contributed by atoms with Crippen LogP contribution in [0.5, 0.6) is 0 Å². The molecule has 0 aromatic heterocycles. The van der Waals surface area contributed by atoms with Gasteiger partial charge < -0.3 is 10.6 Å². The fourth-order valence-electron chi connectivity index (χ4n) is 8.95. The topological polar surface area (TPSA) is 29.3 Å². The Kier molecular flexibility index (Phi) is 7.58. The zero-order valence-corrected chi connectivity index (χ0v) is 28.3. The Labute approximate surface area is 294 Å². The first-order valence-corrected chi connectivity index (χ1v) is 17.9. The highest BCUT2D eigenvalue weighted by Gasteiger charge is 2.36. The van der Waals surface area contributed by atoms with E-state index in [1.165, 1.54) is 77.4 Å². The van der Waals surface area contributed by atoms with Crippen molar-refractivity contribution >= 4 is 32.9 Å². The van der Waals surface area contributed by atoms with Gasteiger partial charge in [0.15, 0.2) is 0 Å². The summed E-state index contributed by atoms with van der Waals surface area (Å²) < 4.78 is 0. The standard InChI is InChI=1S/C48H40N2/c1-2-32-20-14-27-42(36(32)30-31-49)50(35-21-10-5-11-22-35)43-29-28-41-46-39(43)25-15-26-40(46)47-44(33-16-6-3-7-17-33)37-23-12-13-24-38(37)45(48(41)47)34-18-8-4-9-19-34/h3-26,28-32,36,42H,2,27,49H2,1H3/b31-30-. The fourth-order valence-corrected chi connectivity index (χ4v) is 8.95. The van der Waals surface area contributed by atoms with Gasteiger partial charge in [-0.05, 0) is 104 Å². The molecule has 0 radical (unpaired) electrons. The van der Waals surface area contributed by atoms with E-state index in [0.717, 1.165) is 12.8 Å². The molecule has 0 heterocycles. The number of benzene rings is 7. The Hall–Kier alpha value is -5.86. The van der Waals surface area contributed by atoms with Crippen LogP contribution in [0, 0.1) is 11.8 Å². The molecule has 3 atom stereocenters. The highest BCUT2D eigenvalue weighted by atomic mass is 15.2. The number of hydrogen-bond acceptors (Lipinski definition) is 2. The van der Waals surface area contributed by atoms with E-state index in [1.807, 2.05) is 0 Å². The second-order valence-electron chi connectivity index (χ2n) is 13.6. The molecule has 0 saturated carbocycles. The summed E-state index contributed by atoms with van der Waals surface area (Å²) >= 11 is 0. The third kappa shape index (κ3) is 4.70. The van der Waals surface area contributed by atoms with Crippen molar-refractivity contribution in [3.63, 3.8) is 0 Å². The second-order valence-corrected chi connectivity index (χ2v) is 13.6. The lowest BCUT2D eigenvalue weighted by Crippen LogP contribution is -2.41. The minimum absolute atomic E-state index is 0.218. The summed E-state index contributed by atoms with van der Waals surface area (Å²) in [5.74, 6) is 0.713. The largest absolute Gasteiger partial charge is 0.405 e. The van der Waals surface area contributed by atoms with Gasteiger partial charge in [0.2, 0.25) is 0 Å². The number of rotatable bonds is 7. The molecule has 2 nitrogen and oxygen atoms in total. The number of nitrogens with zero attached hydrogens (tertiary/aromatic N) is 1. The van der Waals surface area contributed by atoms with Crippen LogP contribution < -0.4 is 10.6 Å². The van der Waals surface area contributed by atoms with Crippen molar-refractivity contribution in [3.05, 3.63) is 170 Å². The molecular weight excluding hydrogens is 605 g/mol. The van der Waals surface area contributed by atoms with Crippen LogP contribution in [0.25, 0.3) is 66.1 Å². The third-order valence-corrected chi connectivity index (χ3v) is 11.0. The average Bonchev–Trinajstić information content (AvgIpc) is 3.51. The van der Waals surface area contributed by atoms with Crippen LogP contribution in [0.1, 0.15) is 19.8 Å². The van der Waals surface area contributed by atoms with Gasteiger partial charge in [0.25, 0.3) is 0 Å². The van der Waals surface area contributed by atoms with E-state index in [9.17, 15) is 0 Å². The zero-order chi connectivity index (χ0) is 33.6. The van der Waals surface area contributed by atoms with Crippen molar-refractivity contribution in [1.29, 1.82) is 0 Å². The predicted molar refractivity (Wildman–Crippen MR) is 213 cm³/mol. The molecule has 0 amide bonds. The number of fused-ring (bicyclic) bond motifs is 4. The van der Waals surface area contributed by atoms with Crippen LogP contribution >= 0.6 is 0 Å². The molecular formula is C48H40N2. The smallest absolute Gasteiger partial charge is 0.0494 e. The number of hydrogen-bond donors (Lipinski definition) is 1. The van der Waals surface area contributed by atoms with Crippen LogP contribution in [0.2, 0.25) is 0 Å². The monoisotopic (exact) mass is 644 g/mol. The van der Waals surface area contributed by atoms with Gasteiger partial charge in [-0.15, -0.1) is 0 Å². The Bertz CT molecular complexity index is 2320. The first kappa shape index (κ1) is 30.2. The highest BCUT2D eigenvalue weighted by molar-refractivity contribution is 6.28. The van der Waals surface area contributed by atoms with E-state index in [1.54, 1.807) is 6.20 Å². The summed E-state index contributed by atoms with van der Waals surface area (Å²) in [5, 5.41) is 5.17. The van der Waals surface area contributed by atoms with Crippen molar-refractivity contribution in [2.24, 2.45) is 17.6 Å². The maximum absolute atomic E-state index is 6.15. The van der Waals surface area contributed by atoms with Crippen molar-refractivity contribution in [1.82, 2.24) is 0 Å². The SMILES string of the molecule is CCC1C=CCC(N(c2ccccc2)c2ccc3c4c(cccc24)-c2c-3c(-c3ccccc3)c3ccccc3c2-c2ccccc2)C1/C=C\N. The Morgan fingerprint density at radius 3 is 1.76 bits per heavy atom. The lowest BCUT2D eigenvalue weighted by atomic mass is 9.77. The van der Waals surface area contributed by atoms with Gasteiger partial charge in [0.1, 0.15) is 0 Å². The van der Waals surface area contributed by atoms with E-state index < -0.39 is 0 Å². The van der Waals surface area contributed by atoms with Crippen LogP contribution in [0.15, 0.2) is 170 Å². The van der Waals surface area contributed by atoms with Gasteiger partial charge in [-0.25, -0.2) is 0 Å². The number of nitrogens with two attached hydrogens (primary N) is 1. The van der Waals surface area contributed by atoms with Gasteiger partial charge in [0, 0.05) is 28.7 Å². The quantitative estimate of drug-likeness (QED) is 0.175. The van der Waals surface area contributed by atoms with Crippen LogP contribution in [-0.2, 0) is 0 Å². The van der Waals surface area contributed by atoms with Gasteiger partial charge >= 0.3 is 0 Å². The molecule has 2 N–H and O–H groups in total. The van der Waals surface area contributed by atoms with Crippen LogP contribution in [0.4, 0.5) is 11.4 Å². The molecule has 2 heteroatoms. The first-order chi connectivity index (χ1) is 24.8. The Morgan fingerprint density at radius 2 is 1.16 bits per heavy atom. The fraction of sp³-hybridized carbons (Fsp3) is 0.125. The summed E-state index contributed by atoms with van der Waals surface area (Å²) in [6.45, 7) is 2.29. The molecule has 0 saturated heterocycles. The van der Waals surface area contributed by atoms with Gasteiger partial charge in [-0.2, -0.15) is 0 Å². The molecule has 7 aromatic carbocycles. The van der Waals surface area contributed by atoms with E-state index in [-0.39, 0.29) is 12.0 Å². The van der Waals surface area contributed by atoms with Crippen LogP contribution in [0.3, 0.4) is 0 Å². The summed E-state index contributed by atoms with van der Waals surface area (Å²) in [7, 11) is 0. The summed E-state index contributed by atoms with van der Waals surface area (Å²) in [6, 6.07) is 53.8. The molecule has 2 aliphatic rings. The van der Waals surface area contributed by atoms with Crippen LogP contribution in [-0.4, -0.2) is 6.04 Å². The van der Waals surface area contributed by atoms with Gasteiger partial charge in [-0.3, -0.25) is 0 Å². The molecule has 0 aliphatic heterocycles. The van der Waals surface area contributed by atoms with E-state index >= 15 is 0 Å². The molecule has 0 fully saturated rings. The molecule has 7 aromatic rings. The molecule has 0 bridgehead atoms. The van der Waals surface area contributed by atoms with E-state index in [2.05, 4.69) is 176 Å². The lowest BCUT2D eigenvalue weighted by Gasteiger charge is -2.42. The summed E-state index contributed by atoms with van der Waals surface area (Å²) in [4.78, 5) is 2.61. The number of allylic oxidation sites excluding steroid dienone is 1. The molecule has 50 heavy (non-hydrogen) atoms. The molecule has 2 aliphatic carbocycles. The maximum atomic E-state index is 6.15. The molecule has 9 rings (SSSR count). The van der Waals surface area contributed by atoms with E-state index in [0.29, 0.717) is 5.92 Å². The van der Waals surface area contributed by atoms with Crippen molar-refractivity contribution in [2.45, 2.75) is 25.8 Å². The molecule has 242 valence electrons. The normalized spacial score (nSPS) is 17.8. The molecule has 3 unspecified atom stereocenters. The average molecular weight is 645 g/mol. The van der Waals surface area contributed by atoms with E-state index in [4.69, 9.17) is 5.73 Å². The summed E-state index contributed by atoms with van der Waals surface area (Å²) in [5.41, 5.74) is 18.9.